The fourth-order valence-corrected chi connectivity index (χ4v) is 6.38. The lowest BCUT2D eigenvalue weighted by Crippen LogP contribution is -2.50. The van der Waals surface area contributed by atoms with Gasteiger partial charge in [0.1, 0.15) is 16.1 Å². The minimum atomic E-state index is -4.53. The van der Waals surface area contributed by atoms with Gasteiger partial charge in [-0.2, -0.15) is 18.3 Å². The summed E-state index contributed by atoms with van der Waals surface area (Å²) >= 11 is 0.690. The maximum absolute atomic E-state index is 13.6. The van der Waals surface area contributed by atoms with Crippen LogP contribution in [0.2, 0.25) is 0 Å². The van der Waals surface area contributed by atoms with Gasteiger partial charge < -0.3 is 14.9 Å². The van der Waals surface area contributed by atoms with Crippen LogP contribution in [0.1, 0.15) is 53.1 Å². The summed E-state index contributed by atoms with van der Waals surface area (Å²) in [4.78, 5) is 1.98. The number of fused-ring (bicyclic) bond motifs is 2. The van der Waals surface area contributed by atoms with Crippen molar-refractivity contribution in [2.24, 2.45) is 0 Å². The van der Waals surface area contributed by atoms with Crippen LogP contribution < -0.4 is 0 Å². The first-order valence-corrected chi connectivity index (χ1v) is 11.9. The van der Waals surface area contributed by atoms with E-state index in [9.17, 15) is 32.2 Å². The fraction of sp³-hybridized carbons (Fsp3) is 0.682. The van der Waals surface area contributed by atoms with Crippen molar-refractivity contribution in [2.75, 3.05) is 13.2 Å². The van der Waals surface area contributed by atoms with E-state index in [-0.39, 0.29) is 18.2 Å². The Hall–Kier alpha value is -1.60. The molecule has 1 fully saturated rings. The molecule has 1 saturated heterocycles. The van der Waals surface area contributed by atoms with Crippen LogP contribution in [0.4, 0.5) is 22.0 Å². The van der Waals surface area contributed by atoms with Crippen molar-refractivity contribution < 1.29 is 36.9 Å². The molecule has 1 spiro atoms. The highest BCUT2D eigenvalue weighted by Crippen LogP contribution is 2.51. The van der Waals surface area contributed by atoms with Gasteiger partial charge in [0.2, 0.25) is 0 Å². The summed E-state index contributed by atoms with van der Waals surface area (Å²) in [5, 5.41) is 23.6. The first kappa shape index (κ1) is 25.5. The van der Waals surface area contributed by atoms with Gasteiger partial charge in [0.15, 0.2) is 0 Å². The number of thiophene rings is 1. The molecule has 2 aromatic heterocycles. The molecule has 0 radical (unpaired) electrons. The van der Waals surface area contributed by atoms with Crippen molar-refractivity contribution in [1.29, 1.82) is 0 Å². The molecule has 34 heavy (non-hydrogen) atoms. The molecule has 0 amide bonds. The molecule has 3 atom stereocenters. The normalized spacial score (nSPS) is 25.6. The quantitative estimate of drug-likeness (QED) is 0.578. The second-order valence-electron chi connectivity index (χ2n) is 9.44. The van der Waals surface area contributed by atoms with E-state index in [1.807, 2.05) is 6.92 Å². The zero-order chi connectivity index (χ0) is 24.9. The Bertz CT molecular complexity index is 1020. The summed E-state index contributed by atoms with van der Waals surface area (Å²) in [5.74, 6) is 0. The van der Waals surface area contributed by atoms with Gasteiger partial charge in [-0.1, -0.05) is 0 Å². The fourth-order valence-electron chi connectivity index (χ4n) is 4.97. The molecule has 2 aromatic rings. The molecule has 12 heteroatoms. The number of piperidine rings is 1. The third kappa shape index (κ3) is 4.75. The number of alkyl halides is 5. The van der Waals surface area contributed by atoms with Crippen LogP contribution >= 0.6 is 11.3 Å². The molecule has 0 aliphatic carbocycles. The highest BCUT2D eigenvalue weighted by Gasteiger charge is 2.48. The monoisotopic (exact) mass is 509 g/mol. The predicted octanol–water partition coefficient (Wildman–Crippen LogP) is 3.92. The summed E-state index contributed by atoms with van der Waals surface area (Å²) < 4.78 is 74.1. The molecule has 4 heterocycles. The third-order valence-corrected chi connectivity index (χ3v) is 8.26. The van der Waals surface area contributed by atoms with Crippen molar-refractivity contribution in [1.82, 2.24) is 14.7 Å². The maximum atomic E-state index is 13.6. The van der Waals surface area contributed by atoms with Gasteiger partial charge >= 0.3 is 6.18 Å². The summed E-state index contributed by atoms with van der Waals surface area (Å²) in [6.45, 7) is 3.40. The lowest BCUT2D eigenvalue weighted by atomic mass is 9.81. The number of hydrogen-bond donors (Lipinski definition) is 2. The van der Waals surface area contributed by atoms with Crippen LogP contribution in [0.5, 0.6) is 0 Å². The number of aromatic nitrogens is 2. The van der Waals surface area contributed by atoms with Crippen molar-refractivity contribution >= 4 is 11.3 Å². The number of likely N-dealkylation sites (tertiary alicyclic amines) is 1. The Labute approximate surface area is 197 Å². The second-order valence-corrected chi connectivity index (χ2v) is 10.5. The zero-order valence-electron chi connectivity index (χ0n) is 18.9. The van der Waals surface area contributed by atoms with E-state index in [1.165, 1.54) is 4.68 Å². The average molecular weight is 510 g/mol. The number of halogens is 5. The first-order chi connectivity index (χ1) is 15.9. The van der Waals surface area contributed by atoms with Gasteiger partial charge in [0, 0.05) is 41.3 Å². The van der Waals surface area contributed by atoms with Crippen molar-refractivity contribution in [3.8, 4) is 0 Å². The van der Waals surface area contributed by atoms with E-state index >= 15 is 0 Å². The number of rotatable bonds is 6. The summed E-state index contributed by atoms with van der Waals surface area (Å²) in [5.41, 5.74) is -1.68. The molecule has 0 bridgehead atoms. The standard InChI is InChI=1S/C22H28F5N3O3S/c1-13-7-21(17-15(3-6-33-21)16(11-31)18(34-17)22(25,26)27)4-5-29(13)9-14-8-28-30(10-14)12-20(2,32)19(23)24/h8,10,13,19,31-32H,3-7,9,11-12H2,1-2H3/t13-,20?,21+/m0/s1. The Morgan fingerprint density at radius 3 is 2.71 bits per heavy atom. The van der Waals surface area contributed by atoms with E-state index in [0.717, 1.165) is 12.5 Å². The molecule has 4 rings (SSSR count). The van der Waals surface area contributed by atoms with Gasteiger partial charge in [-0.15, -0.1) is 11.3 Å². The smallest absolute Gasteiger partial charge is 0.392 e. The molecule has 0 aromatic carbocycles. The largest absolute Gasteiger partial charge is 0.425 e. The Morgan fingerprint density at radius 1 is 1.35 bits per heavy atom. The van der Waals surface area contributed by atoms with E-state index in [4.69, 9.17) is 4.74 Å². The van der Waals surface area contributed by atoms with Crippen molar-refractivity contribution in [2.45, 2.75) is 82.7 Å². The third-order valence-electron chi connectivity index (χ3n) is 6.75. The Morgan fingerprint density at radius 2 is 2.09 bits per heavy atom. The van der Waals surface area contributed by atoms with Crippen LogP contribution in [0.15, 0.2) is 12.4 Å². The Balaban J connectivity index is 1.49. The molecule has 1 unspecified atom stereocenters. The van der Waals surface area contributed by atoms with Gasteiger partial charge in [-0.3, -0.25) is 9.58 Å². The van der Waals surface area contributed by atoms with E-state index < -0.39 is 35.3 Å². The Kier molecular flexibility index (Phi) is 6.84. The number of nitrogens with zero attached hydrogens (tertiary/aromatic N) is 3. The summed E-state index contributed by atoms with van der Waals surface area (Å²) in [7, 11) is 0. The van der Waals surface area contributed by atoms with Crippen molar-refractivity contribution in [3.05, 3.63) is 38.8 Å². The first-order valence-electron chi connectivity index (χ1n) is 11.1. The molecule has 0 saturated carbocycles. The minimum Gasteiger partial charge on any atom is -0.392 e. The average Bonchev–Trinajstić information content (AvgIpc) is 3.34. The van der Waals surface area contributed by atoms with Crippen molar-refractivity contribution in [3.63, 3.8) is 0 Å². The molecule has 2 aliphatic heterocycles. The second kappa shape index (κ2) is 9.12. The molecule has 190 valence electrons. The highest BCUT2D eigenvalue weighted by atomic mass is 32.1. The highest BCUT2D eigenvalue weighted by molar-refractivity contribution is 7.12. The van der Waals surface area contributed by atoms with Gasteiger partial charge in [0.05, 0.1) is 26.0 Å². The molecular weight excluding hydrogens is 481 g/mol. The number of aliphatic hydroxyl groups excluding tert-OH is 1. The molecule has 2 aliphatic rings. The number of ether oxygens (including phenoxy) is 1. The minimum absolute atomic E-state index is 0.0266. The van der Waals surface area contributed by atoms with Gasteiger partial charge in [0.25, 0.3) is 6.43 Å². The molecular formula is C22H28F5N3O3S. The maximum Gasteiger partial charge on any atom is 0.425 e. The number of aliphatic hydroxyl groups is 2. The van der Waals surface area contributed by atoms with E-state index in [0.29, 0.717) is 60.7 Å². The van der Waals surface area contributed by atoms with E-state index in [1.54, 1.807) is 12.4 Å². The van der Waals surface area contributed by atoms with Crippen LogP contribution in [0.25, 0.3) is 0 Å². The zero-order valence-corrected chi connectivity index (χ0v) is 19.7. The van der Waals surface area contributed by atoms with Gasteiger partial charge in [-0.05, 0) is 38.7 Å². The molecule has 6 nitrogen and oxygen atoms in total. The van der Waals surface area contributed by atoms with Crippen LogP contribution in [-0.2, 0) is 42.6 Å². The van der Waals surface area contributed by atoms with E-state index in [2.05, 4.69) is 10.00 Å². The topological polar surface area (TPSA) is 70.8 Å². The van der Waals surface area contributed by atoms with Crippen LogP contribution in [0, 0.1) is 0 Å². The SMILES string of the molecule is C[C@H]1C[C@@]2(CCN1Cc1cnn(CC(C)(O)C(F)F)c1)OCCc1c2sc(C(F)(F)F)c1CO. The van der Waals surface area contributed by atoms with Crippen LogP contribution in [0.3, 0.4) is 0 Å². The predicted molar refractivity (Wildman–Crippen MR) is 115 cm³/mol. The van der Waals surface area contributed by atoms with Crippen LogP contribution in [-0.4, -0.2) is 56.1 Å². The summed E-state index contributed by atoms with van der Waals surface area (Å²) in [6.07, 6.45) is -2.90. The van der Waals surface area contributed by atoms with Gasteiger partial charge in [-0.25, -0.2) is 8.78 Å². The summed E-state index contributed by atoms with van der Waals surface area (Å²) in [6, 6.07) is -0.0266. The lowest BCUT2D eigenvalue weighted by molar-refractivity contribution is -0.135. The lowest BCUT2D eigenvalue weighted by Gasteiger charge is -2.47. The molecule has 2 N–H and O–H groups in total. The number of hydrogen-bond acceptors (Lipinski definition) is 6.